The largest absolute Gasteiger partial charge is 0.271 e. The van der Waals surface area contributed by atoms with Gasteiger partial charge in [-0.3, -0.25) is 4.79 Å². The molecule has 0 aromatic heterocycles. The molecule has 6 nitrogen and oxygen atoms in total. The molecule has 0 atom stereocenters. The highest BCUT2D eigenvalue weighted by molar-refractivity contribution is 7.89. The molecule has 1 aliphatic heterocycles. The molecule has 4 rings (SSSR count). The summed E-state index contributed by atoms with van der Waals surface area (Å²) in [6, 6.07) is 19.8. The van der Waals surface area contributed by atoms with Crippen molar-refractivity contribution in [2.75, 3.05) is 13.1 Å². The Kier molecular flexibility index (Phi) is 5.42. The van der Waals surface area contributed by atoms with Crippen LogP contribution in [0.15, 0.2) is 76.7 Å². The Bertz CT molecular complexity index is 1180. The van der Waals surface area contributed by atoms with E-state index in [0.717, 1.165) is 29.2 Å². The van der Waals surface area contributed by atoms with Gasteiger partial charge in [0.15, 0.2) is 0 Å². The predicted molar refractivity (Wildman–Crippen MR) is 113 cm³/mol. The van der Waals surface area contributed by atoms with E-state index in [9.17, 15) is 13.2 Å². The fraction of sp³-hybridized carbons (Fsp3) is 0.182. The number of benzene rings is 3. The Morgan fingerprint density at radius 2 is 1.69 bits per heavy atom. The molecule has 29 heavy (non-hydrogen) atoms. The average molecular weight is 407 g/mol. The number of amides is 1. The summed E-state index contributed by atoms with van der Waals surface area (Å²) < 4.78 is 26.9. The van der Waals surface area contributed by atoms with Crippen LogP contribution in [0.1, 0.15) is 28.8 Å². The van der Waals surface area contributed by atoms with Crippen molar-refractivity contribution >= 4 is 32.9 Å². The highest BCUT2D eigenvalue weighted by Gasteiger charge is 2.27. The molecular formula is C22H21N3O3S. The van der Waals surface area contributed by atoms with E-state index in [-0.39, 0.29) is 10.5 Å². The van der Waals surface area contributed by atoms with Gasteiger partial charge in [0.1, 0.15) is 0 Å². The summed E-state index contributed by atoms with van der Waals surface area (Å²) in [7, 11) is -3.57. The van der Waals surface area contributed by atoms with Gasteiger partial charge in [0.25, 0.3) is 5.91 Å². The third kappa shape index (κ3) is 4.06. The van der Waals surface area contributed by atoms with Gasteiger partial charge in [0, 0.05) is 24.2 Å². The van der Waals surface area contributed by atoms with Crippen molar-refractivity contribution in [3.05, 3.63) is 77.9 Å². The molecule has 1 saturated heterocycles. The first-order valence-electron chi connectivity index (χ1n) is 9.47. The molecule has 148 valence electrons. The first-order valence-corrected chi connectivity index (χ1v) is 10.9. The average Bonchev–Trinajstić information content (AvgIpc) is 3.30. The van der Waals surface area contributed by atoms with Crippen molar-refractivity contribution in [1.29, 1.82) is 0 Å². The second-order valence-electron chi connectivity index (χ2n) is 6.91. The number of hydrogen-bond donors (Lipinski definition) is 1. The molecule has 0 radical (unpaired) electrons. The fourth-order valence-corrected chi connectivity index (χ4v) is 5.03. The van der Waals surface area contributed by atoms with Gasteiger partial charge in [0.05, 0.1) is 11.1 Å². The number of nitrogens with one attached hydrogen (secondary N) is 1. The van der Waals surface area contributed by atoms with Gasteiger partial charge in [-0.1, -0.05) is 48.5 Å². The van der Waals surface area contributed by atoms with Crippen LogP contribution in [-0.4, -0.2) is 37.9 Å². The van der Waals surface area contributed by atoms with Crippen molar-refractivity contribution in [2.45, 2.75) is 17.7 Å². The molecule has 3 aromatic carbocycles. The molecule has 0 bridgehead atoms. The van der Waals surface area contributed by atoms with E-state index in [0.29, 0.717) is 13.1 Å². The zero-order chi connectivity index (χ0) is 20.3. The third-order valence-corrected chi connectivity index (χ3v) is 6.89. The zero-order valence-electron chi connectivity index (χ0n) is 15.8. The lowest BCUT2D eigenvalue weighted by Crippen LogP contribution is -2.28. The summed E-state index contributed by atoms with van der Waals surface area (Å²) in [5.41, 5.74) is 3.62. The molecule has 1 heterocycles. The Morgan fingerprint density at radius 3 is 2.52 bits per heavy atom. The Morgan fingerprint density at radius 1 is 0.966 bits per heavy atom. The van der Waals surface area contributed by atoms with Crippen LogP contribution in [0.3, 0.4) is 0 Å². The molecule has 1 amide bonds. The molecule has 3 aromatic rings. The molecule has 1 fully saturated rings. The highest BCUT2D eigenvalue weighted by atomic mass is 32.2. The van der Waals surface area contributed by atoms with Crippen LogP contribution in [-0.2, 0) is 10.0 Å². The van der Waals surface area contributed by atoms with Gasteiger partial charge in [-0.2, -0.15) is 9.41 Å². The van der Waals surface area contributed by atoms with Crippen molar-refractivity contribution in [3.8, 4) is 0 Å². The monoisotopic (exact) mass is 407 g/mol. The van der Waals surface area contributed by atoms with Crippen molar-refractivity contribution < 1.29 is 13.2 Å². The van der Waals surface area contributed by atoms with Gasteiger partial charge in [-0.25, -0.2) is 13.8 Å². The van der Waals surface area contributed by atoms with Crippen molar-refractivity contribution in [2.24, 2.45) is 5.10 Å². The number of carbonyl (C=O) groups excluding carboxylic acids is 1. The maximum atomic E-state index is 12.7. The minimum Gasteiger partial charge on any atom is -0.267 e. The molecule has 1 N–H and O–H groups in total. The smallest absolute Gasteiger partial charge is 0.267 e. The number of rotatable bonds is 5. The second kappa shape index (κ2) is 8.14. The van der Waals surface area contributed by atoms with Crippen LogP contribution in [0.2, 0.25) is 0 Å². The van der Waals surface area contributed by atoms with Gasteiger partial charge < -0.3 is 0 Å². The zero-order valence-corrected chi connectivity index (χ0v) is 16.6. The Balaban J connectivity index is 1.51. The van der Waals surface area contributed by atoms with Crippen molar-refractivity contribution in [1.82, 2.24) is 9.73 Å². The maximum absolute atomic E-state index is 12.7. The normalized spacial score (nSPS) is 15.2. The predicted octanol–water partition coefficient (Wildman–Crippen LogP) is 3.39. The molecular weight excluding hydrogens is 386 g/mol. The van der Waals surface area contributed by atoms with Crippen LogP contribution in [0.25, 0.3) is 10.8 Å². The quantitative estimate of drug-likeness (QED) is 0.520. The lowest BCUT2D eigenvalue weighted by molar-refractivity contribution is 0.0955. The van der Waals surface area contributed by atoms with E-state index in [1.807, 2.05) is 42.5 Å². The highest BCUT2D eigenvalue weighted by Crippen LogP contribution is 2.21. The number of sulfonamides is 1. The van der Waals surface area contributed by atoms with E-state index < -0.39 is 15.9 Å². The molecule has 1 aliphatic rings. The second-order valence-corrected chi connectivity index (χ2v) is 8.84. The molecule has 0 saturated carbocycles. The lowest BCUT2D eigenvalue weighted by atomic mass is 10.1. The van der Waals surface area contributed by atoms with E-state index in [1.54, 1.807) is 18.3 Å². The van der Waals surface area contributed by atoms with E-state index >= 15 is 0 Å². The summed E-state index contributed by atoms with van der Waals surface area (Å²) in [6.45, 7) is 1.04. The first kappa shape index (κ1) is 19.3. The van der Waals surface area contributed by atoms with Crippen LogP contribution < -0.4 is 5.43 Å². The van der Waals surface area contributed by atoms with Gasteiger partial charge >= 0.3 is 0 Å². The summed E-state index contributed by atoms with van der Waals surface area (Å²) in [5, 5.41) is 6.17. The third-order valence-electron chi connectivity index (χ3n) is 4.99. The lowest BCUT2D eigenvalue weighted by Gasteiger charge is -2.15. The number of nitrogens with zero attached hydrogens (tertiary/aromatic N) is 2. The van der Waals surface area contributed by atoms with E-state index in [1.165, 1.54) is 16.4 Å². The summed E-state index contributed by atoms with van der Waals surface area (Å²) in [5.74, 6) is -0.458. The Hall–Kier alpha value is -3.03. The molecule has 0 aliphatic carbocycles. The minimum atomic E-state index is -3.57. The number of hydrazone groups is 1. The van der Waals surface area contributed by atoms with Gasteiger partial charge in [0.2, 0.25) is 10.0 Å². The fourth-order valence-electron chi connectivity index (χ4n) is 3.46. The van der Waals surface area contributed by atoms with Crippen LogP contribution in [0.5, 0.6) is 0 Å². The molecule has 7 heteroatoms. The molecule has 0 spiro atoms. The summed E-state index contributed by atoms with van der Waals surface area (Å²) in [4.78, 5) is 12.6. The van der Waals surface area contributed by atoms with Gasteiger partial charge in [-0.05, 0) is 41.8 Å². The number of hydrogen-bond acceptors (Lipinski definition) is 4. The molecule has 0 unspecified atom stereocenters. The Labute approximate surface area is 169 Å². The maximum Gasteiger partial charge on any atom is 0.271 e. The van der Waals surface area contributed by atoms with Crippen molar-refractivity contribution in [3.63, 3.8) is 0 Å². The summed E-state index contributed by atoms with van der Waals surface area (Å²) >= 11 is 0. The van der Waals surface area contributed by atoms with E-state index in [4.69, 9.17) is 0 Å². The number of fused-ring (bicyclic) bond motifs is 1. The topological polar surface area (TPSA) is 78.8 Å². The first-order chi connectivity index (χ1) is 14.1. The minimum absolute atomic E-state index is 0.130. The van der Waals surface area contributed by atoms with E-state index in [2.05, 4.69) is 10.5 Å². The SMILES string of the molecule is O=C(N/N=C\c1cccc2ccccc12)c1cccc(S(=O)(=O)N2CCCC2)c1. The van der Waals surface area contributed by atoms with Crippen LogP contribution in [0.4, 0.5) is 0 Å². The summed E-state index contributed by atoms with van der Waals surface area (Å²) in [6.07, 6.45) is 3.32. The van der Waals surface area contributed by atoms with Gasteiger partial charge in [-0.15, -0.1) is 0 Å². The van der Waals surface area contributed by atoms with Crippen LogP contribution >= 0.6 is 0 Å². The standard InChI is InChI=1S/C22H21N3O3S/c26-22(24-23-16-19-10-5-8-17-7-1-2-12-21(17)19)18-9-6-11-20(15-18)29(27,28)25-13-3-4-14-25/h1-2,5-12,15-16H,3-4,13-14H2,(H,24,26)/b23-16-. The number of carbonyl (C=O) groups is 1. The van der Waals surface area contributed by atoms with Crippen LogP contribution in [0, 0.1) is 0 Å².